The van der Waals surface area contributed by atoms with Gasteiger partial charge in [-0.15, -0.1) is 0 Å². The Morgan fingerprint density at radius 2 is 2.07 bits per heavy atom. The topological polar surface area (TPSA) is 93.1 Å². The number of benzene rings is 1. The van der Waals surface area contributed by atoms with Crippen LogP contribution in [-0.4, -0.2) is 46.4 Å². The zero-order chi connectivity index (χ0) is 20.1. The average Bonchev–Trinajstić information content (AvgIpc) is 2.86. The van der Waals surface area contributed by atoms with Gasteiger partial charge in [0.05, 0.1) is 21.2 Å². The van der Waals surface area contributed by atoms with Crippen LogP contribution in [0.3, 0.4) is 0 Å². The number of aromatic hydroxyl groups is 1. The molecule has 27 heavy (non-hydrogen) atoms. The van der Waals surface area contributed by atoms with Crippen LogP contribution < -0.4 is 4.74 Å². The molecule has 2 amide bonds. The standard InChI is InChI=1S/C18H20INO6S/c1-4-10(3)26-15(21)9-20-17(23)14(27-18(20)24)8-11-6-12(19)16(22)13(7-11)25-5-2/h6-8,10,22H,4-5,9H2,1-3H3/b14-8+/t10-/m1/s1. The lowest BCUT2D eigenvalue weighted by Crippen LogP contribution is -2.35. The average molecular weight is 505 g/mol. The molecule has 0 aliphatic carbocycles. The Kier molecular flexibility index (Phi) is 7.54. The van der Waals surface area contributed by atoms with Gasteiger partial charge in [0, 0.05) is 0 Å². The van der Waals surface area contributed by atoms with E-state index < -0.39 is 23.7 Å². The lowest BCUT2D eigenvalue weighted by atomic mass is 10.2. The molecular formula is C18H20INO6S. The fourth-order valence-electron chi connectivity index (χ4n) is 2.20. The first-order chi connectivity index (χ1) is 12.8. The second-order valence-corrected chi connectivity index (χ2v) is 7.91. The Bertz CT molecular complexity index is 794. The fourth-order valence-corrected chi connectivity index (χ4v) is 3.67. The summed E-state index contributed by atoms with van der Waals surface area (Å²) in [5.41, 5.74) is 0.605. The molecule has 1 saturated heterocycles. The van der Waals surface area contributed by atoms with Crippen molar-refractivity contribution in [3.63, 3.8) is 0 Å². The van der Waals surface area contributed by atoms with E-state index in [1.165, 1.54) is 6.08 Å². The predicted octanol–water partition coefficient (Wildman–Crippen LogP) is 3.77. The number of hydrogen-bond acceptors (Lipinski definition) is 7. The predicted molar refractivity (Wildman–Crippen MR) is 111 cm³/mol. The van der Waals surface area contributed by atoms with Crippen molar-refractivity contribution >= 4 is 57.5 Å². The Morgan fingerprint density at radius 3 is 2.70 bits per heavy atom. The number of thioether (sulfide) groups is 1. The second-order valence-electron chi connectivity index (χ2n) is 5.76. The molecular weight excluding hydrogens is 485 g/mol. The highest BCUT2D eigenvalue weighted by molar-refractivity contribution is 14.1. The van der Waals surface area contributed by atoms with Gasteiger partial charge < -0.3 is 14.6 Å². The zero-order valence-electron chi connectivity index (χ0n) is 15.2. The lowest BCUT2D eigenvalue weighted by molar-refractivity contribution is -0.150. The van der Waals surface area contributed by atoms with E-state index in [0.29, 0.717) is 27.9 Å². The minimum atomic E-state index is -0.620. The lowest BCUT2D eigenvalue weighted by Gasteiger charge is -2.14. The Balaban J connectivity index is 2.20. The van der Waals surface area contributed by atoms with Crippen molar-refractivity contribution in [3.8, 4) is 11.5 Å². The summed E-state index contributed by atoms with van der Waals surface area (Å²) in [7, 11) is 0. The fraction of sp³-hybridized carbons (Fsp3) is 0.389. The van der Waals surface area contributed by atoms with Gasteiger partial charge >= 0.3 is 5.97 Å². The molecule has 0 aromatic heterocycles. The molecule has 0 saturated carbocycles. The molecule has 1 atom stereocenters. The Hall–Kier alpha value is -1.75. The summed E-state index contributed by atoms with van der Waals surface area (Å²) in [5.74, 6) is -0.847. The molecule has 1 N–H and O–H groups in total. The quantitative estimate of drug-likeness (QED) is 0.343. The third-order valence-electron chi connectivity index (χ3n) is 3.72. The highest BCUT2D eigenvalue weighted by Gasteiger charge is 2.37. The Morgan fingerprint density at radius 1 is 1.37 bits per heavy atom. The van der Waals surface area contributed by atoms with Crippen LogP contribution in [-0.2, 0) is 14.3 Å². The number of amides is 2. The maximum atomic E-state index is 12.5. The van der Waals surface area contributed by atoms with Crippen LogP contribution in [0.5, 0.6) is 11.5 Å². The van der Waals surface area contributed by atoms with Gasteiger partial charge in [-0.05, 0) is 78.4 Å². The first-order valence-electron chi connectivity index (χ1n) is 8.36. The summed E-state index contributed by atoms with van der Waals surface area (Å²) in [5, 5.41) is 9.48. The summed E-state index contributed by atoms with van der Waals surface area (Å²) in [6.45, 7) is 5.37. The number of nitrogens with zero attached hydrogens (tertiary/aromatic N) is 1. The van der Waals surface area contributed by atoms with Crippen molar-refractivity contribution in [2.75, 3.05) is 13.2 Å². The molecule has 2 rings (SSSR count). The number of phenols is 1. The third-order valence-corrected chi connectivity index (χ3v) is 5.45. The summed E-state index contributed by atoms with van der Waals surface area (Å²) in [4.78, 5) is 37.6. The van der Waals surface area contributed by atoms with E-state index in [9.17, 15) is 19.5 Å². The van der Waals surface area contributed by atoms with E-state index in [2.05, 4.69) is 0 Å². The molecule has 1 fully saturated rings. The highest BCUT2D eigenvalue weighted by Crippen LogP contribution is 2.36. The van der Waals surface area contributed by atoms with Crippen LogP contribution in [0.2, 0.25) is 0 Å². The van der Waals surface area contributed by atoms with Crippen molar-refractivity contribution in [1.29, 1.82) is 0 Å². The smallest absolute Gasteiger partial charge is 0.326 e. The van der Waals surface area contributed by atoms with Crippen LogP contribution >= 0.6 is 34.4 Å². The number of hydrogen-bond donors (Lipinski definition) is 1. The van der Waals surface area contributed by atoms with Crippen LogP contribution in [0.25, 0.3) is 6.08 Å². The molecule has 9 heteroatoms. The molecule has 7 nitrogen and oxygen atoms in total. The van der Waals surface area contributed by atoms with Crippen molar-refractivity contribution in [2.45, 2.75) is 33.3 Å². The van der Waals surface area contributed by atoms with E-state index in [1.54, 1.807) is 26.0 Å². The molecule has 1 aromatic rings. The summed E-state index contributed by atoms with van der Waals surface area (Å²) in [6, 6.07) is 3.26. The van der Waals surface area contributed by atoms with Crippen LogP contribution in [0.1, 0.15) is 32.8 Å². The van der Waals surface area contributed by atoms with Crippen molar-refractivity contribution in [2.24, 2.45) is 0 Å². The molecule has 1 heterocycles. The van der Waals surface area contributed by atoms with Crippen molar-refractivity contribution in [3.05, 3.63) is 26.2 Å². The second kappa shape index (κ2) is 9.45. The normalized spacial score (nSPS) is 16.7. The van der Waals surface area contributed by atoms with Crippen LogP contribution in [0, 0.1) is 3.57 Å². The van der Waals surface area contributed by atoms with Crippen molar-refractivity contribution < 1.29 is 29.0 Å². The van der Waals surface area contributed by atoms with Gasteiger partial charge in [0.1, 0.15) is 6.54 Å². The van der Waals surface area contributed by atoms with Gasteiger partial charge in [0.15, 0.2) is 11.5 Å². The van der Waals surface area contributed by atoms with E-state index in [4.69, 9.17) is 9.47 Å². The number of carbonyl (C=O) groups is 3. The molecule has 1 aliphatic rings. The summed E-state index contributed by atoms with van der Waals surface area (Å²) in [6.07, 6.45) is 1.91. The maximum Gasteiger partial charge on any atom is 0.326 e. The largest absolute Gasteiger partial charge is 0.504 e. The van der Waals surface area contributed by atoms with Gasteiger partial charge in [0.2, 0.25) is 0 Å². The van der Waals surface area contributed by atoms with Crippen LogP contribution in [0.4, 0.5) is 4.79 Å². The first kappa shape index (κ1) is 21.5. The van der Waals surface area contributed by atoms with Crippen molar-refractivity contribution in [1.82, 2.24) is 4.90 Å². The monoisotopic (exact) mass is 505 g/mol. The maximum absolute atomic E-state index is 12.5. The van der Waals surface area contributed by atoms with Gasteiger partial charge in [-0.25, -0.2) is 0 Å². The molecule has 1 aromatic carbocycles. The third kappa shape index (κ3) is 5.38. The minimum absolute atomic E-state index is 0.0236. The minimum Gasteiger partial charge on any atom is -0.504 e. The first-order valence-corrected chi connectivity index (χ1v) is 10.3. The number of ether oxygens (including phenoxy) is 2. The number of rotatable bonds is 7. The van der Waals surface area contributed by atoms with Crippen LogP contribution in [0.15, 0.2) is 17.0 Å². The van der Waals surface area contributed by atoms with Gasteiger partial charge in [-0.3, -0.25) is 19.3 Å². The molecule has 146 valence electrons. The summed E-state index contributed by atoms with van der Waals surface area (Å²) < 4.78 is 11.1. The number of esters is 1. The Labute approximate surface area is 175 Å². The highest BCUT2D eigenvalue weighted by atomic mass is 127. The molecule has 0 bridgehead atoms. The number of phenolic OH excluding ortho intramolecular Hbond substituents is 1. The van der Waals surface area contributed by atoms with Gasteiger partial charge in [-0.2, -0.15) is 0 Å². The zero-order valence-corrected chi connectivity index (χ0v) is 18.1. The molecule has 0 radical (unpaired) electrons. The summed E-state index contributed by atoms with van der Waals surface area (Å²) >= 11 is 2.71. The van der Waals surface area contributed by atoms with E-state index >= 15 is 0 Å². The van der Waals surface area contributed by atoms with Gasteiger partial charge in [0.25, 0.3) is 11.1 Å². The molecule has 0 unspecified atom stereocenters. The SMILES string of the molecule is CCOc1cc(/C=C2/SC(=O)N(CC(=O)O[C@H](C)CC)C2=O)cc(I)c1O. The van der Waals surface area contributed by atoms with E-state index in [1.807, 2.05) is 29.5 Å². The van der Waals surface area contributed by atoms with Gasteiger partial charge in [-0.1, -0.05) is 6.92 Å². The molecule has 1 aliphatic heterocycles. The number of halogens is 1. The number of imide groups is 1. The van der Waals surface area contributed by atoms with E-state index in [0.717, 1.165) is 16.7 Å². The molecule has 0 spiro atoms. The number of carbonyl (C=O) groups excluding carboxylic acids is 3. The van der Waals surface area contributed by atoms with E-state index in [-0.39, 0.29) is 16.8 Å².